The van der Waals surface area contributed by atoms with Crippen LogP contribution in [-0.4, -0.2) is 90.7 Å². The summed E-state index contributed by atoms with van der Waals surface area (Å²) in [5, 5.41) is 7.80. The smallest absolute Gasteiger partial charge is 0.247 e. The van der Waals surface area contributed by atoms with E-state index in [-0.39, 0.29) is 5.91 Å². The molecule has 256 valence electrons. The monoisotopic (exact) mass is 662 g/mol. The molecule has 2 aromatic carbocycles. The Bertz CT molecular complexity index is 1610. The molecule has 6 rings (SSSR count). The van der Waals surface area contributed by atoms with Crippen molar-refractivity contribution in [3.63, 3.8) is 0 Å². The molecule has 0 saturated carbocycles. The Balaban J connectivity index is 1.20. The lowest BCUT2D eigenvalue weighted by atomic mass is 10.0. The van der Waals surface area contributed by atoms with Gasteiger partial charge in [-0.3, -0.25) is 19.4 Å². The molecule has 13 heteroatoms. The van der Waals surface area contributed by atoms with E-state index >= 15 is 0 Å². The van der Waals surface area contributed by atoms with E-state index in [1.807, 2.05) is 12.1 Å². The number of methoxy groups -OCH3 is 1. The van der Waals surface area contributed by atoms with Crippen molar-refractivity contribution in [1.82, 2.24) is 19.8 Å². The van der Waals surface area contributed by atoms with E-state index < -0.39 is 17.7 Å². The van der Waals surface area contributed by atoms with Crippen molar-refractivity contribution in [2.45, 2.75) is 51.2 Å². The highest BCUT2D eigenvalue weighted by molar-refractivity contribution is 6.02. The number of nitrogens with zero attached hydrogens (tertiary/aromatic N) is 6. The van der Waals surface area contributed by atoms with E-state index in [1.165, 1.54) is 29.6 Å². The van der Waals surface area contributed by atoms with Gasteiger partial charge in [0, 0.05) is 81.5 Å². The Labute approximate surface area is 280 Å². The summed E-state index contributed by atoms with van der Waals surface area (Å²) >= 11 is 0. The van der Waals surface area contributed by atoms with Crippen LogP contribution < -0.4 is 25.3 Å². The number of nitrogens with one attached hydrogen (secondary N) is 2. The minimum absolute atomic E-state index is 0.319. The second kappa shape index (κ2) is 14.8. The molecule has 3 saturated heterocycles. The molecular weight excluding hydrogens is 618 g/mol. The topological polar surface area (TPSA) is 98.3 Å². The predicted octanol–water partition coefficient (Wildman–Crippen LogP) is 5.51. The molecule has 0 spiro atoms. The van der Waals surface area contributed by atoms with Crippen LogP contribution in [0, 0.1) is 11.6 Å². The van der Waals surface area contributed by atoms with Crippen LogP contribution in [0.15, 0.2) is 55.4 Å². The molecule has 0 radical (unpaired) electrons. The molecule has 2 N–H and O–H groups in total. The number of hydrogen-bond donors (Lipinski definition) is 2. The van der Waals surface area contributed by atoms with Crippen molar-refractivity contribution < 1.29 is 23.1 Å². The second-order valence-electron chi connectivity index (χ2n) is 12.7. The summed E-state index contributed by atoms with van der Waals surface area (Å²) < 4.78 is 34.1. The second-order valence-corrected chi connectivity index (χ2v) is 12.7. The first-order valence-corrected chi connectivity index (χ1v) is 16.6. The Kier molecular flexibility index (Phi) is 10.4. The summed E-state index contributed by atoms with van der Waals surface area (Å²) in [5.74, 6) is -0.200. The van der Waals surface area contributed by atoms with Gasteiger partial charge in [0.2, 0.25) is 5.91 Å². The lowest BCUT2D eigenvalue weighted by Crippen LogP contribution is -2.54. The third-order valence-electron chi connectivity index (χ3n) is 9.53. The van der Waals surface area contributed by atoms with Crippen molar-refractivity contribution in [3.8, 4) is 5.75 Å². The normalized spacial score (nSPS) is 19.5. The van der Waals surface area contributed by atoms with Gasteiger partial charge in [-0.25, -0.2) is 23.8 Å². The first-order chi connectivity index (χ1) is 23.2. The maximum atomic E-state index is 14.7. The Morgan fingerprint density at radius 1 is 1.02 bits per heavy atom. The average Bonchev–Trinajstić information content (AvgIpc) is 3.58. The van der Waals surface area contributed by atoms with Crippen LogP contribution in [0.3, 0.4) is 0 Å². The van der Waals surface area contributed by atoms with Crippen molar-refractivity contribution in [3.05, 3.63) is 72.6 Å². The molecule has 1 atom stereocenters. The number of hydrogen-bond acceptors (Lipinski definition) is 10. The van der Waals surface area contributed by atoms with Crippen molar-refractivity contribution in [1.29, 1.82) is 0 Å². The van der Waals surface area contributed by atoms with Crippen molar-refractivity contribution in [2.75, 3.05) is 73.6 Å². The number of halogens is 2. The molecule has 0 bridgehead atoms. The molecule has 4 heterocycles. The molecule has 1 aromatic heterocycles. The van der Waals surface area contributed by atoms with Gasteiger partial charge in [-0.2, -0.15) is 0 Å². The Morgan fingerprint density at radius 2 is 1.79 bits per heavy atom. The number of amides is 1. The first kappa shape index (κ1) is 33.6. The van der Waals surface area contributed by atoms with E-state index in [2.05, 4.69) is 55.7 Å². The number of ether oxygens (including phenoxy) is 1. The summed E-state index contributed by atoms with van der Waals surface area (Å²) in [5.41, 5.74) is 2.39. The number of carbonyl (C=O) groups is 1. The van der Waals surface area contributed by atoms with Gasteiger partial charge in [0.15, 0.2) is 5.82 Å². The van der Waals surface area contributed by atoms with Gasteiger partial charge in [0.05, 0.1) is 36.8 Å². The lowest BCUT2D eigenvalue weighted by molar-refractivity contribution is -0.111. The quantitative estimate of drug-likeness (QED) is 0.271. The molecular formula is C35H44F2N8O3. The van der Waals surface area contributed by atoms with Crippen LogP contribution in [0.1, 0.15) is 44.7 Å². The van der Waals surface area contributed by atoms with E-state index in [0.717, 1.165) is 63.9 Å². The highest BCUT2D eigenvalue weighted by Gasteiger charge is 2.32. The molecule has 48 heavy (non-hydrogen) atoms. The number of anilines is 5. The SMILES string of the molecule is C=CC(=O)Nc1cc(Nc2cc(N3OCC[C@@H]3c3ccc(F)cc3F)ncn2)c(OC)cc1N1CCC(N2CCN(C(C)C)CC2)CC1. The minimum atomic E-state index is -0.643. The fourth-order valence-electron chi connectivity index (χ4n) is 6.90. The molecule has 11 nitrogen and oxygen atoms in total. The number of aromatic nitrogens is 2. The van der Waals surface area contributed by atoms with Gasteiger partial charge < -0.3 is 20.3 Å². The lowest BCUT2D eigenvalue weighted by Gasteiger charge is -2.44. The zero-order chi connectivity index (χ0) is 33.8. The van der Waals surface area contributed by atoms with Gasteiger partial charge in [-0.1, -0.05) is 12.6 Å². The highest BCUT2D eigenvalue weighted by atomic mass is 19.1. The van der Waals surface area contributed by atoms with Crippen LogP contribution in [0.25, 0.3) is 0 Å². The Hall–Kier alpha value is -4.33. The minimum Gasteiger partial charge on any atom is -0.494 e. The molecule has 0 unspecified atom stereocenters. The maximum absolute atomic E-state index is 14.7. The zero-order valence-electron chi connectivity index (χ0n) is 27.8. The number of rotatable bonds is 10. The zero-order valence-corrected chi connectivity index (χ0v) is 27.8. The van der Waals surface area contributed by atoms with Crippen molar-refractivity contribution >= 4 is 34.6 Å². The maximum Gasteiger partial charge on any atom is 0.247 e. The third-order valence-corrected chi connectivity index (χ3v) is 9.53. The summed E-state index contributed by atoms with van der Waals surface area (Å²) in [6, 6.07) is 9.60. The van der Waals surface area contributed by atoms with E-state index in [4.69, 9.17) is 9.57 Å². The third kappa shape index (κ3) is 7.38. The molecule has 1 amide bonds. The van der Waals surface area contributed by atoms with Gasteiger partial charge in [-0.05, 0) is 44.9 Å². The van der Waals surface area contributed by atoms with E-state index in [9.17, 15) is 13.6 Å². The molecule has 3 aliphatic rings. The number of benzene rings is 2. The standard InChI is InChI=1S/C35H44F2N8O3/c1-5-35(46)41-28-19-29(32(47-4)20-31(28)44-11-8-25(9-12-44)43-15-13-42(14-16-43)23(2)3)40-33-21-34(39-22-38-33)45-30(10-17-48-45)26-7-6-24(36)18-27(26)37/h5-7,18-23,25,30H,1,8-17H2,2-4H3,(H,41,46)(H,38,39,40)/t30-/m1/s1. The Morgan fingerprint density at radius 3 is 2.48 bits per heavy atom. The van der Waals surface area contributed by atoms with E-state index in [0.29, 0.717) is 59.4 Å². The largest absolute Gasteiger partial charge is 0.494 e. The van der Waals surface area contributed by atoms with Gasteiger partial charge in [-0.15, -0.1) is 0 Å². The number of piperidine rings is 1. The van der Waals surface area contributed by atoms with Crippen LogP contribution in [-0.2, 0) is 9.63 Å². The number of carbonyl (C=O) groups excluding carboxylic acids is 1. The van der Waals surface area contributed by atoms with Crippen LogP contribution in [0.5, 0.6) is 5.75 Å². The molecule has 3 fully saturated rings. The van der Waals surface area contributed by atoms with Gasteiger partial charge >= 0.3 is 0 Å². The van der Waals surface area contributed by atoms with Gasteiger partial charge in [0.1, 0.15) is 29.5 Å². The van der Waals surface area contributed by atoms with Crippen LogP contribution >= 0.6 is 0 Å². The summed E-state index contributed by atoms with van der Waals surface area (Å²) in [6.45, 7) is 14.6. The summed E-state index contributed by atoms with van der Waals surface area (Å²) in [6.07, 6.45) is 5.19. The summed E-state index contributed by atoms with van der Waals surface area (Å²) in [7, 11) is 1.60. The highest BCUT2D eigenvalue weighted by Crippen LogP contribution is 2.41. The van der Waals surface area contributed by atoms with Crippen LogP contribution in [0.2, 0.25) is 0 Å². The summed E-state index contributed by atoms with van der Waals surface area (Å²) in [4.78, 5) is 34.6. The van der Waals surface area contributed by atoms with Gasteiger partial charge in [0.25, 0.3) is 0 Å². The average molecular weight is 663 g/mol. The molecule has 3 aromatic rings. The number of hydroxylamine groups is 1. The molecule has 3 aliphatic heterocycles. The van der Waals surface area contributed by atoms with Crippen molar-refractivity contribution in [2.24, 2.45) is 0 Å². The van der Waals surface area contributed by atoms with Crippen LogP contribution in [0.4, 0.5) is 37.5 Å². The predicted molar refractivity (Wildman–Crippen MR) is 183 cm³/mol. The number of piperazine rings is 1. The first-order valence-electron chi connectivity index (χ1n) is 16.6. The fraction of sp³-hybridized carbons (Fsp3) is 0.457. The van der Waals surface area contributed by atoms with E-state index in [1.54, 1.807) is 13.2 Å². The fourth-order valence-corrected chi connectivity index (χ4v) is 6.90. The molecule has 0 aliphatic carbocycles.